The van der Waals surface area contributed by atoms with Gasteiger partial charge < -0.3 is 10.0 Å². The molecular weight excluding hydrogens is 411 g/mol. The number of allylic oxidation sites excluding steroid dienone is 1. The SMILES string of the molecule is C=CCc1cc(F)cc(/C=N/NC(=O)CN2CCN(C(=O)c3ccc(C)cc3)CC2)c1O. The van der Waals surface area contributed by atoms with Gasteiger partial charge in [0.15, 0.2) is 0 Å². The maximum atomic E-state index is 13.7. The topological polar surface area (TPSA) is 85.2 Å². The van der Waals surface area contributed by atoms with Crippen LogP contribution in [0.1, 0.15) is 27.0 Å². The van der Waals surface area contributed by atoms with Gasteiger partial charge in [-0.2, -0.15) is 5.10 Å². The molecule has 7 nitrogen and oxygen atoms in total. The van der Waals surface area contributed by atoms with E-state index in [9.17, 15) is 19.1 Å². The molecule has 0 atom stereocenters. The van der Waals surface area contributed by atoms with Crippen molar-refractivity contribution in [1.29, 1.82) is 0 Å². The number of nitrogens with zero attached hydrogens (tertiary/aromatic N) is 3. The molecule has 2 N–H and O–H groups in total. The van der Waals surface area contributed by atoms with Gasteiger partial charge in [-0.3, -0.25) is 14.5 Å². The van der Waals surface area contributed by atoms with E-state index < -0.39 is 5.82 Å². The molecule has 1 fully saturated rings. The first-order valence-electron chi connectivity index (χ1n) is 10.4. The molecule has 0 aromatic heterocycles. The van der Waals surface area contributed by atoms with Gasteiger partial charge >= 0.3 is 0 Å². The maximum Gasteiger partial charge on any atom is 0.254 e. The van der Waals surface area contributed by atoms with Crippen LogP contribution in [0.15, 0.2) is 54.2 Å². The van der Waals surface area contributed by atoms with Crippen LogP contribution in [0.2, 0.25) is 0 Å². The summed E-state index contributed by atoms with van der Waals surface area (Å²) in [6, 6.07) is 9.85. The first-order valence-corrected chi connectivity index (χ1v) is 10.4. The highest BCUT2D eigenvalue weighted by Gasteiger charge is 2.23. The van der Waals surface area contributed by atoms with Gasteiger partial charge in [0.05, 0.1) is 12.8 Å². The second-order valence-corrected chi connectivity index (χ2v) is 7.72. The number of piperazine rings is 1. The van der Waals surface area contributed by atoms with E-state index in [1.54, 1.807) is 11.0 Å². The van der Waals surface area contributed by atoms with Crippen molar-refractivity contribution in [3.63, 3.8) is 0 Å². The van der Waals surface area contributed by atoms with E-state index in [1.807, 2.05) is 36.1 Å². The highest BCUT2D eigenvalue weighted by Crippen LogP contribution is 2.23. The molecule has 0 radical (unpaired) electrons. The Hall–Kier alpha value is -3.52. The maximum absolute atomic E-state index is 13.7. The molecule has 0 spiro atoms. The summed E-state index contributed by atoms with van der Waals surface area (Å²) < 4.78 is 13.7. The number of amides is 2. The van der Waals surface area contributed by atoms with Crippen molar-refractivity contribution in [2.45, 2.75) is 13.3 Å². The average molecular weight is 439 g/mol. The number of carbonyl (C=O) groups is 2. The van der Waals surface area contributed by atoms with Crippen molar-refractivity contribution in [2.24, 2.45) is 5.10 Å². The fourth-order valence-corrected chi connectivity index (χ4v) is 3.49. The third-order valence-corrected chi connectivity index (χ3v) is 5.27. The number of hydrazone groups is 1. The number of aromatic hydroxyl groups is 1. The van der Waals surface area contributed by atoms with Gasteiger partial charge in [-0.25, -0.2) is 9.82 Å². The Balaban J connectivity index is 1.48. The summed E-state index contributed by atoms with van der Waals surface area (Å²) in [4.78, 5) is 28.5. The molecule has 0 aliphatic carbocycles. The van der Waals surface area contributed by atoms with E-state index in [1.165, 1.54) is 12.3 Å². The lowest BCUT2D eigenvalue weighted by Gasteiger charge is -2.34. The van der Waals surface area contributed by atoms with Gasteiger partial charge in [0.2, 0.25) is 0 Å². The summed E-state index contributed by atoms with van der Waals surface area (Å²) in [5.41, 5.74) is 4.72. The molecule has 1 aliphatic heterocycles. The number of phenolic OH excluding ortho intramolecular Hbond substituents is 1. The third kappa shape index (κ3) is 6.01. The third-order valence-electron chi connectivity index (χ3n) is 5.27. The van der Waals surface area contributed by atoms with Crippen LogP contribution < -0.4 is 5.43 Å². The van der Waals surface area contributed by atoms with Crippen molar-refractivity contribution in [1.82, 2.24) is 15.2 Å². The van der Waals surface area contributed by atoms with Gasteiger partial charge in [-0.15, -0.1) is 6.58 Å². The van der Waals surface area contributed by atoms with Crippen LogP contribution in [-0.4, -0.2) is 65.7 Å². The Morgan fingerprint density at radius 1 is 1.19 bits per heavy atom. The molecule has 1 heterocycles. The molecule has 0 bridgehead atoms. The van der Waals surface area contributed by atoms with E-state index >= 15 is 0 Å². The summed E-state index contributed by atoms with van der Waals surface area (Å²) in [5, 5.41) is 14.0. The van der Waals surface area contributed by atoms with Crippen LogP contribution in [0.5, 0.6) is 5.75 Å². The molecule has 32 heavy (non-hydrogen) atoms. The zero-order chi connectivity index (χ0) is 23.1. The molecule has 2 aromatic rings. The number of phenols is 1. The van der Waals surface area contributed by atoms with Gasteiger partial charge in [-0.05, 0) is 37.6 Å². The Morgan fingerprint density at radius 2 is 1.88 bits per heavy atom. The normalized spacial score (nSPS) is 14.5. The van der Waals surface area contributed by atoms with Gasteiger partial charge in [0, 0.05) is 42.9 Å². The predicted molar refractivity (Wildman–Crippen MR) is 121 cm³/mol. The highest BCUT2D eigenvalue weighted by molar-refractivity contribution is 5.94. The first kappa shape index (κ1) is 23.1. The van der Waals surface area contributed by atoms with Crippen LogP contribution in [0.25, 0.3) is 0 Å². The number of halogens is 1. The van der Waals surface area contributed by atoms with E-state index in [2.05, 4.69) is 17.1 Å². The molecular formula is C24H27FN4O3. The summed E-state index contributed by atoms with van der Waals surface area (Å²) in [6.45, 7) is 7.90. The molecule has 0 saturated carbocycles. The summed E-state index contributed by atoms with van der Waals surface area (Å²) in [7, 11) is 0. The van der Waals surface area contributed by atoms with Crippen molar-refractivity contribution >= 4 is 18.0 Å². The Labute approximate surface area is 186 Å². The fourth-order valence-electron chi connectivity index (χ4n) is 3.49. The largest absolute Gasteiger partial charge is 0.507 e. The Bertz CT molecular complexity index is 1010. The number of aryl methyl sites for hydroxylation is 1. The fraction of sp³-hybridized carbons (Fsp3) is 0.292. The van der Waals surface area contributed by atoms with Gasteiger partial charge in [0.1, 0.15) is 11.6 Å². The number of rotatable bonds is 7. The van der Waals surface area contributed by atoms with Crippen LogP contribution in [0.4, 0.5) is 4.39 Å². The molecule has 0 unspecified atom stereocenters. The van der Waals surface area contributed by atoms with Crippen LogP contribution in [-0.2, 0) is 11.2 Å². The lowest BCUT2D eigenvalue weighted by atomic mass is 10.1. The molecule has 8 heteroatoms. The number of hydrogen-bond donors (Lipinski definition) is 2. The van der Waals surface area contributed by atoms with E-state index in [0.717, 1.165) is 11.6 Å². The Kier molecular flexibility index (Phi) is 7.72. The van der Waals surface area contributed by atoms with E-state index in [-0.39, 0.29) is 29.7 Å². The second kappa shape index (κ2) is 10.7. The van der Waals surface area contributed by atoms with Crippen molar-refractivity contribution in [2.75, 3.05) is 32.7 Å². The van der Waals surface area contributed by atoms with Gasteiger partial charge in [-0.1, -0.05) is 23.8 Å². The zero-order valence-electron chi connectivity index (χ0n) is 18.1. The minimum absolute atomic E-state index is 0.00979. The van der Waals surface area contributed by atoms with Gasteiger partial charge in [0.25, 0.3) is 11.8 Å². The lowest BCUT2D eigenvalue weighted by molar-refractivity contribution is -0.122. The zero-order valence-corrected chi connectivity index (χ0v) is 18.1. The number of benzene rings is 2. The quantitative estimate of drug-likeness (QED) is 0.395. The summed E-state index contributed by atoms with van der Waals surface area (Å²) in [6.07, 6.45) is 3.08. The monoisotopic (exact) mass is 438 g/mol. The highest BCUT2D eigenvalue weighted by atomic mass is 19.1. The smallest absolute Gasteiger partial charge is 0.254 e. The number of hydrogen-bond acceptors (Lipinski definition) is 5. The first-order chi connectivity index (χ1) is 15.4. The lowest BCUT2D eigenvalue weighted by Crippen LogP contribution is -2.50. The van der Waals surface area contributed by atoms with Crippen LogP contribution in [0, 0.1) is 12.7 Å². The summed E-state index contributed by atoms with van der Waals surface area (Å²) in [5.74, 6) is -0.949. The molecule has 1 saturated heterocycles. The van der Waals surface area contributed by atoms with Crippen molar-refractivity contribution in [3.05, 3.63) is 77.1 Å². The Morgan fingerprint density at radius 3 is 2.53 bits per heavy atom. The van der Waals surface area contributed by atoms with Crippen LogP contribution in [0.3, 0.4) is 0 Å². The van der Waals surface area contributed by atoms with Crippen molar-refractivity contribution in [3.8, 4) is 5.75 Å². The molecule has 1 aliphatic rings. The standard InChI is InChI=1S/C24H27FN4O3/c1-3-4-19-13-21(25)14-20(23(19)31)15-26-27-22(30)16-28-9-11-29(12-10-28)24(32)18-7-5-17(2)6-8-18/h3,5-8,13-15,31H,1,4,9-12,16H2,2H3,(H,27,30)/b26-15+. The molecule has 2 aromatic carbocycles. The second-order valence-electron chi connectivity index (χ2n) is 7.72. The minimum Gasteiger partial charge on any atom is -0.507 e. The predicted octanol–water partition coefficient (Wildman–Crippen LogP) is 2.48. The average Bonchev–Trinajstić information content (AvgIpc) is 2.77. The molecule has 3 rings (SSSR count). The summed E-state index contributed by atoms with van der Waals surface area (Å²) >= 11 is 0. The minimum atomic E-state index is -0.509. The molecule has 168 valence electrons. The van der Waals surface area contributed by atoms with E-state index in [0.29, 0.717) is 43.7 Å². The number of nitrogens with one attached hydrogen (secondary N) is 1. The van der Waals surface area contributed by atoms with E-state index in [4.69, 9.17) is 0 Å². The van der Waals surface area contributed by atoms with Crippen LogP contribution >= 0.6 is 0 Å². The molecule has 2 amide bonds. The number of carbonyl (C=O) groups excluding carboxylic acids is 2. The van der Waals surface area contributed by atoms with Crippen molar-refractivity contribution < 1.29 is 19.1 Å².